The molecule has 0 bridgehead atoms. The number of imidazole rings is 2. The van der Waals surface area contributed by atoms with E-state index in [0.717, 1.165) is 17.2 Å². The molecule has 2 aromatic heterocycles. The SMILES string of the molecule is CCOC(Cn1ccnc1CN(Cc1cc(OC)c(OC)c(OC)c1)Cc1nccn1CC(OCC)OCC)OCC.[C-]=O.[C-]=O.[C-]=O.[Re]. The molecule has 3 rings (SSSR count). The van der Waals surface area contributed by atoms with Gasteiger partial charge in [0.25, 0.3) is 0 Å². The van der Waals surface area contributed by atoms with Crippen LogP contribution >= 0.6 is 0 Å². The Bertz CT molecular complexity index is 1150. The van der Waals surface area contributed by atoms with E-state index < -0.39 is 0 Å². The molecule has 0 aliphatic rings. The predicted molar refractivity (Wildman–Crippen MR) is 175 cm³/mol. The van der Waals surface area contributed by atoms with E-state index in [2.05, 4.69) is 44.4 Å². The van der Waals surface area contributed by atoms with E-state index in [1.807, 2.05) is 52.2 Å². The van der Waals surface area contributed by atoms with Crippen LogP contribution in [0.25, 0.3) is 0 Å². The summed E-state index contributed by atoms with van der Waals surface area (Å²) in [6.07, 6.45) is 6.80. The minimum atomic E-state index is -0.357. The fourth-order valence-corrected chi connectivity index (χ4v) is 4.74. The average molecular weight is 860 g/mol. The van der Waals surface area contributed by atoms with Crippen molar-refractivity contribution in [3.05, 3.63) is 54.1 Å². The standard InChI is InChI=1S/C30H47N5O7.3CO.Re/c1-8-39-28(40-9-2)21-34-14-12-31-26(34)19-33(18-23-16-24(36-5)30(38-7)25(17-23)37-6)20-27-32-13-15-35(27)22-29(41-10-3)42-11-4;3*1-2;/h12-17,28-29H,8-11,18-22H2,1-7H3;;;;/q;3*-1;. The summed E-state index contributed by atoms with van der Waals surface area (Å²) in [7, 11) is 4.83. The van der Waals surface area contributed by atoms with Gasteiger partial charge in [0, 0.05) is 78.2 Å². The molecule has 274 valence electrons. The Morgan fingerprint density at radius 2 is 1.00 bits per heavy atom. The van der Waals surface area contributed by atoms with E-state index in [9.17, 15) is 0 Å². The Morgan fingerprint density at radius 3 is 1.31 bits per heavy atom. The molecule has 0 saturated heterocycles. The second-order valence-electron chi connectivity index (χ2n) is 9.35. The summed E-state index contributed by atoms with van der Waals surface area (Å²) in [5, 5.41) is 0. The average Bonchev–Trinajstić information content (AvgIpc) is 3.75. The zero-order valence-corrected chi connectivity index (χ0v) is 31.9. The van der Waals surface area contributed by atoms with Gasteiger partial charge in [-0.3, -0.25) is 4.90 Å². The number of carbonyl (C=O) groups excluding carboxylic acids is 3. The number of hydrogen-bond donors (Lipinski definition) is 0. The molecule has 1 aromatic carbocycles. The molecule has 0 aliphatic carbocycles. The quantitative estimate of drug-likeness (QED) is 0.114. The summed E-state index contributed by atoms with van der Waals surface area (Å²) >= 11 is 0. The van der Waals surface area contributed by atoms with Crippen molar-refractivity contribution in [2.75, 3.05) is 47.8 Å². The first-order valence-electron chi connectivity index (χ1n) is 15.1. The van der Waals surface area contributed by atoms with Crippen LogP contribution in [0.15, 0.2) is 36.9 Å². The Balaban J connectivity index is 0. The zero-order valence-electron chi connectivity index (χ0n) is 29.2. The summed E-state index contributed by atoms with van der Waals surface area (Å²) in [6.45, 7) is 26.3. The van der Waals surface area contributed by atoms with E-state index in [-0.39, 0.29) is 33.0 Å². The van der Waals surface area contributed by atoms with Crippen molar-refractivity contribution < 1.29 is 68.0 Å². The fourth-order valence-electron chi connectivity index (χ4n) is 4.74. The second kappa shape index (κ2) is 29.4. The zero-order chi connectivity index (χ0) is 36.3. The summed E-state index contributed by atoms with van der Waals surface area (Å²) in [5.41, 5.74) is 0.990. The third kappa shape index (κ3) is 16.2. The minimum absolute atomic E-state index is 0. The summed E-state index contributed by atoms with van der Waals surface area (Å²) in [4.78, 5) is 34.1. The fraction of sp³-hybridized carbons (Fsp3) is 0.545. The molecule has 15 nitrogen and oxygen atoms in total. The van der Waals surface area contributed by atoms with Gasteiger partial charge in [-0.05, 0) is 45.4 Å². The summed E-state index contributed by atoms with van der Waals surface area (Å²) in [5.74, 6) is 3.51. The Hall–Kier alpha value is -3.49. The van der Waals surface area contributed by atoms with Crippen LogP contribution in [0.2, 0.25) is 0 Å². The van der Waals surface area contributed by atoms with Crippen LogP contribution in [0.3, 0.4) is 0 Å². The number of benzene rings is 1. The van der Waals surface area contributed by atoms with Gasteiger partial charge in [-0.25, -0.2) is 9.97 Å². The van der Waals surface area contributed by atoms with Crippen LogP contribution in [-0.4, -0.2) is 105 Å². The van der Waals surface area contributed by atoms with Gasteiger partial charge >= 0.3 is 0 Å². The van der Waals surface area contributed by atoms with Gasteiger partial charge in [-0.2, -0.15) is 0 Å². The van der Waals surface area contributed by atoms with Crippen molar-refractivity contribution in [1.29, 1.82) is 0 Å². The molecule has 16 heteroatoms. The molecule has 4 radical (unpaired) electrons. The molecule has 3 aromatic rings. The van der Waals surface area contributed by atoms with Crippen molar-refractivity contribution in [2.45, 2.75) is 73.0 Å². The molecular weight excluding hydrogens is 813 g/mol. The molecule has 2 heterocycles. The third-order valence-electron chi connectivity index (χ3n) is 6.57. The topological polar surface area (TPSA) is 155 Å². The van der Waals surface area contributed by atoms with Gasteiger partial charge in [-0.1, -0.05) is 0 Å². The van der Waals surface area contributed by atoms with Gasteiger partial charge in [0.2, 0.25) is 5.75 Å². The molecule has 0 N–H and O–H groups in total. The summed E-state index contributed by atoms with van der Waals surface area (Å²) < 4.78 is 44.1. The van der Waals surface area contributed by atoms with Crippen LogP contribution in [0.5, 0.6) is 17.2 Å². The number of methoxy groups -OCH3 is 3. The molecule has 0 fully saturated rings. The molecule has 49 heavy (non-hydrogen) atoms. The number of nitrogens with zero attached hydrogens (tertiary/aromatic N) is 5. The van der Waals surface area contributed by atoms with Gasteiger partial charge in [0.15, 0.2) is 24.1 Å². The molecule has 0 unspecified atom stereocenters. The van der Waals surface area contributed by atoms with E-state index in [1.54, 1.807) is 33.7 Å². The normalized spacial score (nSPS) is 10.2. The van der Waals surface area contributed by atoms with Crippen molar-refractivity contribution in [1.82, 2.24) is 24.0 Å². The van der Waals surface area contributed by atoms with Crippen molar-refractivity contribution in [3.8, 4) is 17.2 Å². The molecular formula is C33H47N5O10Re-3. The first kappa shape index (κ1) is 47.6. The Morgan fingerprint density at radius 1 is 0.633 bits per heavy atom. The van der Waals surface area contributed by atoms with E-state index >= 15 is 0 Å². The first-order chi connectivity index (χ1) is 23.5. The maximum atomic E-state index is 7.50. The maximum Gasteiger partial charge on any atom is 0.203 e. The van der Waals surface area contributed by atoms with Crippen LogP contribution in [0, 0.1) is 0 Å². The first-order valence-corrected chi connectivity index (χ1v) is 15.1. The van der Waals surface area contributed by atoms with Gasteiger partial charge in [-0.15, -0.1) is 0 Å². The minimum Gasteiger partial charge on any atom is -0.573 e. The van der Waals surface area contributed by atoms with Crippen LogP contribution in [0.1, 0.15) is 44.9 Å². The molecule has 0 amide bonds. The molecule has 0 spiro atoms. The van der Waals surface area contributed by atoms with Crippen LogP contribution < -0.4 is 14.2 Å². The largest absolute Gasteiger partial charge is 0.573 e. The smallest absolute Gasteiger partial charge is 0.203 e. The maximum absolute atomic E-state index is 7.50. The summed E-state index contributed by atoms with van der Waals surface area (Å²) in [6, 6.07) is 3.93. The predicted octanol–water partition coefficient (Wildman–Crippen LogP) is 2.91. The Kier molecular flexibility index (Phi) is 28.6. The third-order valence-corrected chi connectivity index (χ3v) is 6.57. The number of hydrogen-bond acceptors (Lipinski definition) is 13. The molecule has 0 aliphatic heterocycles. The number of aromatic nitrogens is 4. The van der Waals surface area contributed by atoms with Crippen LogP contribution in [0.4, 0.5) is 0 Å². The van der Waals surface area contributed by atoms with Crippen molar-refractivity contribution in [3.63, 3.8) is 0 Å². The van der Waals surface area contributed by atoms with Gasteiger partial charge in [0.05, 0.1) is 47.5 Å². The van der Waals surface area contributed by atoms with Crippen molar-refractivity contribution >= 4 is 20.4 Å². The second-order valence-corrected chi connectivity index (χ2v) is 9.35. The Labute approximate surface area is 303 Å². The van der Waals surface area contributed by atoms with Crippen molar-refractivity contribution in [2.24, 2.45) is 0 Å². The molecule has 0 saturated carbocycles. The van der Waals surface area contributed by atoms with E-state index in [4.69, 9.17) is 47.5 Å². The van der Waals surface area contributed by atoms with Gasteiger partial charge < -0.3 is 77.0 Å². The monoisotopic (exact) mass is 860 g/mol. The van der Waals surface area contributed by atoms with Gasteiger partial charge in [0.1, 0.15) is 11.6 Å². The van der Waals surface area contributed by atoms with Crippen LogP contribution in [-0.2, 0) is 86.5 Å². The molecule has 0 atom stereocenters. The number of rotatable bonds is 21. The van der Waals surface area contributed by atoms with E-state index in [1.165, 1.54) is 0 Å². The number of ether oxygens (including phenoxy) is 7. The van der Waals surface area contributed by atoms with E-state index in [0.29, 0.717) is 76.4 Å².